The summed E-state index contributed by atoms with van der Waals surface area (Å²) in [4.78, 5) is 2.36. The van der Waals surface area contributed by atoms with Gasteiger partial charge in [0.2, 0.25) is 0 Å². The number of ether oxygens (including phenoxy) is 1. The Morgan fingerprint density at radius 2 is 1.67 bits per heavy atom. The smallest absolute Gasteiger partial charge is 0.333 e. The van der Waals surface area contributed by atoms with Crippen molar-refractivity contribution in [2.24, 2.45) is 35.0 Å². The van der Waals surface area contributed by atoms with Gasteiger partial charge in [0.15, 0.2) is 0 Å². The molecule has 6 N–H and O–H groups in total. The fourth-order valence-corrected chi connectivity index (χ4v) is 5.91. The van der Waals surface area contributed by atoms with Crippen molar-refractivity contribution < 1.29 is 13.5 Å². The number of allylic oxidation sites excluding steroid dienone is 2. The summed E-state index contributed by atoms with van der Waals surface area (Å²) in [5, 5.41) is 3.83. The second-order valence-electron chi connectivity index (χ2n) is 10.5. The Hall–Kier alpha value is -2.52. The molecule has 7 nitrogen and oxygen atoms in total. The zero-order valence-electron chi connectivity index (χ0n) is 23.5. The largest absolute Gasteiger partial charge is 0.398 e. The standard InChI is InChI=1S/C13H21B2NO.C13H15F2N5.C2H6/c14-13(15,12-4-6-17-7-5-12)16-8-10-2-1-3-11(10)9-16;1-7-8(10(16)3-5-12(17)18)2-4-11-9(7)6-20(19-11)13(14)15;1-2/h10-12H,1-9H2;2-6,13H,16-18H2,1H3;1-2H3/b;10-3-;. The first-order valence-electron chi connectivity index (χ1n) is 13.9. The molecule has 1 aliphatic carbocycles. The van der Waals surface area contributed by atoms with Gasteiger partial charge in [-0.25, -0.2) is 4.68 Å². The van der Waals surface area contributed by atoms with Crippen LogP contribution in [0.3, 0.4) is 0 Å². The number of likely N-dealkylation sites (tertiary alicyclic amines) is 1. The third kappa shape index (κ3) is 7.37. The molecule has 3 fully saturated rings. The predicted octanol–water partition coefficient (Wildman–Crippen LogP) is 3.96. The van der Waals surface area contributed by atoms with Crippen molar-refractivity contribution in [2.45, 2.75) is 64.8 Å². The molecule has 5 rings (SSSR count). The van der Waals surface area contributed by atoms with Gasteiger partial charge in [-0.3, -0.25) is 0 Å². The minimum atomic E-state index is -2.67. The Bertz CT molecular complexity index is 1130. The number of hydrogen-bond donors (Lipinski definition) is 3. The van der Waals surface area contributed by atoms with Gasteiger partial charge in [-0.1, -0.05) is 31.7 Å². The van der Waals surface area contributed by atoms with Crippen LogP contribution in [0.15, 0.2) is 36.3 Å². The number of fused-ring (bicyclic) bond motifs is 2. The lowest BCUT2D eigenvalue weighted by atomic mass is 9.52. The predicted molar refractivity (Wildman–Crippen MR) is 156 cm³/mol. The number of nitrogens with zero attached hydrogens (tertiary/aromatic N) is 3. The van der Waals surface area contributed by atoms with Crippen LogP contribution in [0.1, 0.15) is 63.6 Å². The number of hydrogen-bond acceptors (Lipinski definition) is 6. The lowest BCUT2D eigenvalue weighted by Gasteiger charge is -2.45. The van der Waals surface area contributed by atoms with E-state index in [9.17, 15) is 8.78 Å². The number of halogens is 2. The van der Waals surface area contributed by atoms with E-state index in [1.165, 1.54) is 31.5 Å². The summed E-state index contributed by atoms with van der Waals surface area (Å²) in [5.74, 6) is 2.26. The van der Waals surface area contributed by atoms with Crippen LogP contribution < -0.4 is 17.2 Å². The van der Waals surface area contributed by atoms with Crippen molar-refractivity contribution in [1.82, 2.24) is 14.7 Å². The quantitative estimate of drug-likeness (QED) is 0.393. The van der Waals surface area contributed by atoms with Gasteiger partial charge in [-0.15, -0.1) is 0 Å². The van der Waals surface area contributed by atoms with Gasteiger partial charge in [0.05, 0.1) is 27.0 Å². The zero-order valence-corrected chi connectivity index (χ0v) is 23.5. The maximum absolute atomic E-state index is 12.6. The Kier molecular flexibility index (Phi) is 10.9. The molecule has 2 unspecified atom stereocenters. The van der Waals surface area contributed by atoms with Crippen LogP contribution in [0.2, 0.25) is 0 Å². The summed E-state index contributed by atoms with van der Waals surface area (Å²) < 4.78 is 31.3. The first-order valence-corrected chi connectivity index (χ1v) is 13.9. The van der Waals surface area contributed by atoms with Crippen LogP contribution in [0.5, 0.6) is 0 Å². The molecule has 0 amide bonds. The lowest BCUT2D eigenvalue weighted by Crippen LogP contribution is -2.55. The van der Waals surface area contributed by atoms with E-state index >= 15 is 0 Å². The molecule has 2 atom stereocenters. The molecule has 0 spiro atoms. The molecule has 2 aliphatic heterocycles. The first-order chi connectivity index (χ1) is 18.6. The second-order valence-corrected chi connectivity index (χ2v) is 10.5. The average Bonchev–Trinajstić information content (AvgIpc) is 3.65. The molecule has 1 aromatic heterocycles. The SMILES string of the molecule is CC.Cc1c(/C(N)=C/C=C(N)N)ccc2nn(C(F)F)cc12.[B]C([B])(C1CCOCC1)N1CC2CCCC2C1. The van der Waals surface area contributed by atoms with E-state index in [-0.39, 0.29) is 5.82 Å². The van der Waals surface area contributed by atoms with Gasteiger partial charge in [0, 0.05) is 49.1 Å². The summed E-state index contributed by atoms with van der Waals surface area (Å²) in [5.41, 5.74) is 19.0. The monoisotopic (exact) mass is 538 g/mol. The van der Waals surface area contributed by atoms with Crippen LogP contribution in [-0.2, 0) is 4.74 Å². The third-order valence-corrected chi connectivity index (χ3v) is 8.09. The van der Waals surface area contributed by atoms with E-state index in [4.69, 9.17) is 37.6 Å². The summed E-state index contributed by atoms with van der Waals surface area (Å²) in [6.45, 7) is 7.01. The van der Waals surface area contributed by atoms with Crippen molar-refractivity contribution in [2.75, 3.05) is 26.3 Å². The van der Waals surface area contributed by atoms with Crippen molar-refractivity contribution in [3.8, 4) is 0 Å². The molecular formula is C28H42B2F2N6O. The van der Waals surface area contributed by atoms with Crippen LogP contribution >= 0.6 is 0 Å². The van der Waals surface area contributed by atoms with Crippen molar-refractivity contribution in [3.05, 3.63) is 47.4 Å². The molecule has 210 valence electrons. The molecule has 2 saturated heterocycles. The summed E-state index contributed by atoms with van der Waals surface area (Å²) >= 11 is 0. The maximum Gasteiger partial charge on any atom is 0.333 e. The van der Waals surface area contributed by atoms with E-state index in [0.29, 0.717) is 27.2 Å². The Labute approximate surface area is 234 Å². The Morgan fingerprint density at radius 3 is 2.23 bits per heavy atom. The molecule has 1 aromatic carbocycles. The van der Waals surface area contributed by atoms with Crippen molar-refractivity contribution in [1.29, 1.82) is 0 Å². The number of aryl methyl sites for hydroxylation is 1. The van der Waals surface area contributed by atoms with E-state index in [0.717, 1.165) is 62.1 Å². The minimum Gasteiger partial charge on any atom is -0.398 e. The Balaban J connectivity index is 0.000000205. The number of aromatic nitrogens is 2. The van der Waals surface area contributed by atoms with E-state index in [2.05, 4.69) is 10.00 Å². The second kappa shape index (κ2) is 13.7. The highest BCUT2D eigenvalue weighted by molar-refractivity contribution is 6.40. The normalized spacial score (nSPS) is 22.2. The highest BCUT2D eigenvalue weighted by Gasteiger charge is 2.43. The topological polar surface area (TPSA) is 108 Å². The summed E-state index contributed by atoms with van der Waals surface area (Å²) in [6, 6.07) is 3.37. The van der Waals surface area contributed by atoms with Crippen molar-refractivity contribution >= 4 is 32.3 Å². The van der Waals surface area contributed by atoms with Gasteiger partial charge in [-0.05, 0) is 74.1 Å². The highest BCUT2D eigenvalue weighted by Crippen LogP contribution is 2.41. The van der Waals surface area contributed by atoms with Gasteiger partial charge in [-0.2, -0.15) is 13.9 Å². The van der Waals surface area contributed by atoms with Crippen LogP contribution in [0.25, 0.3) is 16.6 Å². The Morgan fingerprint density at radius 1 is 1.05 bits per heavy atom. The molecule has 11 heteroatoms. The molecular weight excluding hydrogens is 496 g/mol. The van der Waals surface area contributed by atoms with Crippen LogP contribution in [0, 0.1) is 24.7 Å². The molecule has 3 aliphatic rings. The van der Waals surface area contributed by atoms with E-state index in [1.807, 2.05) is 13.8 Å². The number of nitrogens with two attached hydrogens (primary N) is 3. The summed E-state index contributed by atoms with van der Waals surface area (Å²) in [6.07, 6.45) is 10.5. The highest BCUT2D eigenvalue weighted by atomic mass is 19.3. The maximum atomic E-state index is 12.6. The van der Waals surface area contributed by atoms with E-state index in [1.54, 1.807) is 25.1 Å². The van der Waals surface area contributed by atoms with Crippen LogP contribution in [0.4, 0.5) is 8.78 Å². The molecule has 0 bridgehead atoms. The first kappa shape index (κ1) is 31.0. The van der Waals surface area contributed by atoms with Gasteiger partial charge in [0.25, 0.3) is 0 Å². The molecule has 39 heavy (non-hydrogen) atoms. The van der Waals surface area contributed by atoms with Crippen molar-refractivity contribution in [3.63, 3.8) is 0 Å². The van der Waals surface area contributed by atoms with Crippen LogP contribution in [-0.4, -0.2) is 62.0 Å². The molecule has 4 radical (unpaired) electrons. The number of benzene rings is 1. The summed E-state index contributed by atoms with van der Waals surface area (Å²) in [7, 11) is 12.9. The zero-order chi connectivity index (χ0) is 28.7. The van der Waals surface area contributed by atoms with Gasteiger partial charge < -0.3 is 26.8 Å². The van der Waals surface area contributed by atoms with Gasteiger partial charge in [0.1, 0.15) is 0 Å². The number of rotatable bonds is 5. The minimum absolute atomic E-state index is 0.136. The molecule has 1 saturated carbocycles. The lowest BCUT2D eigenvalue weighted by molar-refractivity contribution is 0.0375. The van der Waals surface area contributed by atoms with E-state index < -0.39 is 11.9 Å². The molecule has 2 aromatic rings. The average molecular weight is 538 g/mol. The van der Waals surface area contributed by atoms with Gasteiger partial charge >= 0.3 is 6.55 Å². The third-order valence-electron chi connectivity index (χ3n) is 8.09. The number of alkyl halides is 2. The fraction of sp³-hybridized carbons (Fsp3) is 0.607. The fourth-order valence-electron chi connectivity index (χ4n) is 5.91. The molecule has 3 heterocycles.